The molecule has 0 aliphatic rings. The van der Waals surface area contributed by atoms with Gasteiger partial charge in [-0.25, -0.2) is 0 Å². The number of carbonyl (C=O) groups excluding carboxylic acids is 1. The van der Waals surface area contributed by atoms with Crippen molar-refractivity contribution in [2.75, 3.05) is 7.11 Å². The molecule has 1 amide bonds. The number of nitrogens with one attached hydrogen (secondary N) is 1. The van der Waals surface area contributed by atoms with Crippen molar-refractivity contribution in [2.45, 2.75) is 33.2 Å². The average molecular weight is 235 g/mol. The van der Waals surface area contributed by atoms with Gasteiger partial charge in [0.25, 0.3) is 0 Å². The van der Waals surface area contributed by atoms with E-state index in [1.54, 1.807) is 7.11 Å². The first-order valence-electron chi connectivity index (χ1n) is 6.02. The number of hydrogen-bond donors (Lipinski definition) is 1. The Kier molecular flexibility index (Phi) is 5.01. The van der Waals surface area contributed by atoms with Gasteiger partial charge in [-0.15, -0.1) is 0 Å². The van der Waals surface area contributed by atoms with E-state index in [0.29, 0.717) is 0 Å². The lowest BCUT2D eigenvalue weighted by molar-refractivity contribution is -0.124. The molecule has 0 fully saturated rings. The molecular weight excluding hydrogens is 214 g/mol. The SMILES string of the molecule is CC[C@@H](NC(=O)C(C)C)c1ccc(OC)cc1. The maximum Gasteiger partial charge on any atom is 0.223 e. The van der Waals surface area contributed by atoms with Crippen molar-refractivity contribution in [1.82, 2.24) is 5.32 Å². The van der Waals surface area contributed by atoms with E-state index < -0.39 is 0 Å². The van der Waals surface area contributed by atoms with Gasteiger partial charge in [-0.2, -0.15) is 0 Å². The maximum absolute atomic E-state index is 11.7. The number of hydrogen-bond acceptors (Lipinski definition) is 2. The quantitative estimate of drug-likeness (QED) is 0.852. The molecule has 0 aromatic heterocycles. The molecule has 0 aliphatic carbocycles. The third kappa shape index (κ3) is 3.77. The Hall–Kier alpha value is -1.51. The van der Waals surface area contributed by atoms with Gasteiger partial charge in [-0.1, -0.05) is 32.9 Å². The minimum absolute atomic E-state index is 0.0160. The van der Waals surface area contributed by atoms with Gasteiger partial charge in [0.15, 0.2) is 0 Å². The molecule has 0 aliphatic heterocycles. The van der Waals surface area contributed by atoms with Crippen molar-refractivity contribution >= 4 is 5.91 Å². The highest BCUT2D eigenvalue weighted by molar-refractivity contribution is 5.78. The van der Waals surface area contributed by atoms with Gasteiger partial charge in [0.05, 0.1) is 13.2 Å². The Morgan fingerprint density at radius 3 is 2.29 bits per heavy atom. The topological polar surface area (TPSA) is 38.3 Å². The number of benzene rings is 1. The fourth-order valence-corrected chi connectivity index (χ4v) is 1.60. The van der Waals surface area contributed by atoms with Crippen LogP contribution in [-0.2, 0) is 4.79 Å². The summed E-state index contributed by atoms with van der Waals surface area (Å²) in [5.41, 5.74) is 1.11. The number of rotatable bonds is 5. The Morgan fingerprint density at radius 1 is 1.29 bits per heavy atom. The second kappa shape index (κ2) is 6.28. The molecule has 1 aromatic carbocycles. The van der Waals surface area contributed by atoms with Crippen LogP contribution in [0.4, 0.5) is 0 Å². The molecular formula is C14H21NO2. The molecule has 1 N–H and O–H groups in total. The number of methoxy groups -OCH3 is 1. The van der Waals surface area contributed by atoms with Crippen LogP contribution >= 0.6 is 0 Å². The zero-order valence-electron chi connectivity index (χ0n) is 11.0. The first kappa shape index (κ1) is 13.6. The van der Waals surface area contributed by atoms with E-state index in [4.69, 9.17) is 4.74 Å². The van der Waals surface area contributed by atoms with Crippen LogP contribution < -0.4 is 10.1 Å². The molecule has 0 heterocycles. The molecule has 1 rings (SSSR count). The predicted octanol–water partition coefficient (Wildman–Crippen LogP) is 2.92. The normalized spacial score (nSPS) is 12.3. The van der Waals surface area contributed by atoms with Gasteiger partial charge in [-0.3, -0.25) is 4.79 Å². The van der Waals surface area contributed by atoms with Crippen molar-refractivity contribution in [1.29, 1.82) is 0 Å². The summed E-state index contributed by atoms with van der Waals surface area (Å²) in [5, 5.41) is 3.04. The highest BCUT2D eigenvalue weighted by atomic mass is 16.5. The van der Waals surface area contributed by atoms with E-state index >= 15 is 0 Å². The van der Waals surface area contributed by atoms with Gasteiger partial charge < -0.3 is 10.1 Å². The van der Waals surface area contributed by atoms with Gasteiger partial charge in [0, 0.05) is 5.92 Å². The minimum atomic E-state index is 0.0160. The number of carbonyl (C=O) groups is 1. The van der Waals surface area contributed by atoms with Crippen molar-refractivity contribution in [3.05, 3.63) is 29.8 Å². The van der Waals surface area contributed by atoms with Crippen molar-refractivity contribution in [2.24, 2.45) is 5.92 Å². The zero-order valence-corrected chi connectivity index (χ0v) is 11.0. The Balaban J connectivity index is 2.75. The van der Waals surface area contributed by atoms with Gasteiger partial charge in [0.1, 0.15) is 5.75 Å². The van der Waals surface area contributed by atoms with Gasteiger partial charge >= 0.3 is 0 Å². The molecule has 0 spiro atoms. The summed E-state index contributed by atoms with van der Waals surface area (Å²) in [4.78, 5) is 11.7. The molecule has 3 nitrogen and oxygen atoms in total. The minimum Gasteiger partial charge on any atom is -0.497 e. The summed E-state index contributed by atoms with van der Waals surface area (Å²) in [7, 11) is 1.65. The van der Waals surface area contributed by atoms with E-state index in [9.17, 15) is 4.79 Å². The fraction of sp³-hybridized carbons (Fsp3) is 0.500. The van der Waals surface area contributed by atoms with Crippen LogP contribution in [0.5, 0.6) is 5.75 Å². The molecule has 0 saturated carbocycles. The van der Waals surface area contributed by atoms with Crippen molar-refractivity contribution in [3.63, 3.8) is 0 Å². The highest BCUT2D eigenvalue weighted by Crippen LogP contribution is 2.20. The van der Waals surface area contributed by atoms with E-state index in [0.717, 1.165) is 17.7 Å². The number of amides is 1. The smallest absolute Gasteiger partial charge is 0.223 e. The van der Waals surface area contributed by atoms with Gasteiger partial charge in [-0.05, 0) is 24.1 Å². The highest BCUT2D eigenvalue weighted by Gasteiger charge is 2.14. The molecule has 0 saturated heterocycles. The second-order valence-corrected chi connectivity index (χ2v) is 4.40. The van der Waals surface area contributed by atoms with E-state index in [1.807, 2.05) is 38.1 Å². The zero-order chi connectivity index (χ0) is 12.8. The number of ether oxygens (including phenoxy) is 1. The Morgan fingerprint density at radius 2 is 1.88 bits per heavy atom. The first-order chi connectivity index (χ1) is 8.08. The molecule has 94 valence electrons. The monoisotopic (exact) mass is 235 g/mol. The largest absolute Gasteiger partial charge is 0.497 e. The third-order valence-electron chi connectivity index (χ3n) is 2.77. The van der Waals surface area contributed by atoms with E-state index in [1.165, 1.54) is 0 Å². The van der Waals surface area contributed by atoms with Gasteiger partial charge in [0.2, 0.25) is 5.91 Å². The molecule has 0 unspecified atom stereocenters. The van der Waals surface area contributed by atoms with Crippen LogP contribution in [0.3, 0.4) is 0 Å². The lowest BCUT2D eigenvalue weighted by atomic mass is 10.0. The summed E-state index contributed by atoms with van der Waals surface area (Å²) in [6, 6.07) is 7.90. The molecule has 3 heteroatoms. The summed E-state index contributed by atoms with van der Waals surface area (Å²) < 4.78 is 5.11. The molecule has 0 radical (unpaired) electrons. The third-order valence-corrected chi connectivity index (χ3v) is 2.77. The maximum atomic E-state index is 11.7. The first-order valence-corrected chi connectivity index (χ1v) is 6.02. The van der Waals surface area contributed by atoms with Crippen molar-refractivity contribution < 1.29 is 9.53 Å². The van der Waals surface area contributed by atoms with Crippen LogP contribution in [0.2, 0.25) is 0 Å². The van der Waals surface area contributed by atoms with E-state index in [2.05, 4.69) is 12.2 Å². The lowest BCUT2D eigenvalue weighted by Crippen LogP contribution is -2.31. The van der Waals surface area contributed by atoms with Crippen LogP contribution in [-0.4, -0.2) is 13.0 Å². The Labute approximate surface area is 103 Å². The van der Waals surface area contributed by atoms with Crippen LogP contribution in [0, 0.1) is 5.92 Å². The lowest BCUT2D eigenvalue weighted by Gasteiger charge is -2.19. The fourth-order valence-electron chi connectivity index (χ4n) is 1.60. The summed E-state index contributed by atoms with van der Waals surface area (Å²) >= 11 is 0. The average Bonchev–Trinajstić information content (AvgIpc) is 2.35. The van der Waals surface area contributed by atoms with Crippen LogP contribution in [0.1, 0.15) is 38.8 Å². The summed E-state index contributed by atoms with van der Waals surface area (Å²) in [6.07, 6.45) is 0.880. The van der Waals surface area contributed by atoms with Crippen LogP contribution in [0.15, 0.2) is 24.3 Å². The Bertz CT molecular complexity index is 357. The second-order valence-electron chi connectivity index (χ2n) is 4.40. The molecule has 0 bridgehead atoms. The predicted molar refractivity (Wildman–Crippen MR) is 69.0 cm³/mol. The standard InChI is InChI=1S/C14H21NO2/c1-5-13(15-14(16)10(2)3)11-6-8-12(17-4)9-7-11/h6-10,13H,5H2,1-4H3,(H,15,16)/t13-/m1/s1. The van der Waals surface area contributed by atoms with E-state index in [-0.39, 0.29) is 17.9 Å². The van der Waals surface area contributed by atoms with Crippen LogP contribution in [0.25, 0.3) is 0 Å². The molecule has 17 heavy (non-hydrogen) atoms. The summed E-state index contributed by atoms with van der Waals surface area (Å²) in [6.45, 7) is 5.86. The molecule has 1 atom stereocenters. The van der Waals surface area contributed by atoms with Crippen molar-refractivity contribution in [3.8, 4) is 5.75 Å². The molecule has 1 aromatic rings. The summed E-state index contributed by atoms with van der Waals surface area (Å²) in [5.74, 6) is 0.939.